The van der Waals surface area contributed by atoms with Crippen molar-refractivity contribution in [1.29, 1.82) is 0 Å². The van der Waals surface area contributed by atoms with Crippen molar-refractivity contribution in [3.63, 3.8) is 0 Å². The van der Waals surface area contributed by atoms with Crippen LogP contribution in [0.4, 0.5) is 0 Å². The summed E-state index contributed by atoms with van der Waals surface area (Å²) in [6, 6.07) is 5.29. The number of nitrogens with zero attached hydrogens (tertiary/aromatic N) is 3. The van der Waals surface area contributed by atoms with Gasteiger partial charge in [0.05, 0.1) is 0 Å². The number of aliphatic imine (C=N–C) groups is 1. The molecule has 0 atom stereocenters. The number of aromatic nitrogens is 1. The van der Waals surface area contributed by atoms with E-state index in [0.29, 0.717) is 5.41 Å². The molecule has 1 N–H and O–H groups in total. The summed E-state index contributed by atoms with van der Waals surface area (Å²) >= 11 is 0. The third kappa shape index (κ3) is 6.16. The molecule has 0 radical (unpaired) electrons. The number of nitrogens with one attached hydrogen (secondary N) is 1. The predicted octanol–water partition coefficient (Wildman–Crippen LogP) is 2.55. The number of pyridine rings is 1. The average Bonchev–Trinajstić information content (AvgIpc) is 2.84. The zero-order valence-electron chi connectivity index (χ0n) is 14.4. The summed E-state index contributed by atoms with van der Waals surface area (Å²) in [7, 11) is 1.84. The van der Waals surface area contributed by atoms with Gasteiger partial charge in [-0.1, -0.05) is 19.9 Å². The molecule has 1 saturated heterocycles. The van der Waals surface area contributed by atoms with E-state index in [2.05, 4.69) is 29.1 Å². The van der Waals surface area contributed by atoms with Gasteiger partial charge in [0, 0.05) is 45.5 Å². The van der Waals surface area contributed by atoms with Crippen LogP contribution in [0.2, 0.25) is 0 Å². The van der Waals surface area contributed by atoms with Crippen LogP contribution < -0.4 is 10.9 Å². The maximum atomic E-state index is 11.6. The van der Waals surface area contributed by atoms with Crippen molar-refractivity contribution in [3.05, 3.63) is 34.7 Å². The Morgan fingerprint density at radius 3 is 2.74 bits per heavy atom. The van der Waals surface area contributed by atoms with Crippen molar-refractivity contribution < 1.29 is 0 Å². The Bertz CT molecular complexity index is 568. The minimum absolute atomic E-state index is 0. The highest BCUT2D eigenvalue weighted by atomic mass is 127. The molecule has 1 aliphatic heterocycles. The zero-order valence-corrected chi connectivity index (χ0v) is 16.7. The molecule has 23 heavy (non-hydrogen) atoms. The molecule has 0 bridgehead atoms. The molecule has 0 unspecified atom stereocenters. The summed E-state index contributed by atoms with van der Waals surface area (Å²) in [6.07, 6.45) is 5.07. The van der Waals surface area contributed by atoms with Gasteiger partial charge >= 0.3 is 0 Å². The lowest BCUT2D eigenvalue weighted by molar-refractivity contribution is 0.370. The number of guanidine groups is 1. The van der Waals surface area contributed by atoms with Gasteiger partial charge in [-0.15, -0.1) is 24.0 Å². The fourth-order valence-corrected chi connectivity index (χ4v) is 2.88. The second kappa shape index (κ2) is 9.30. The van der Waals surface area contributed by atoms with Crippen LogP contribution in [0.5, 0.6) is 0 Å². The third-order valence-electron chi connectivity index (χ3n) is 4.20. The summed E-state index contributed by atoms with van der Waals surface area (Å²) in [5, 5.41) is 3.44. The summed E-state index contributed by atoms with van der Waals surface area (Å²) in [6.45, 7) is 8.41. The van der Waals surface area contributed by atoms with Gasteiger partial charge in [-0.25, -0.2) is 0 Å². The van der Waals surface area contributed by atoms with E-state index >= 15 is 0 Å². The highest BCUT2D eigenvalue weighted by Gasteiger charge is 2.30. The molecule has 0 spiro atoms. The first-order valence-electron chi connectivity index (χ1n) is 8.13. The van der Waals surface area contributed by atoms with Crippen LogP contribution in [0.15, 0.2) is 34.2 Å². The fraction of sp³-hybridized carbons (Fsp3) is 0.647. The smallest absolute Gasteiger partial charge is 0.250 e. The SMILES string of the molecule is CN=C(NCCCCn1ccccc1=O)N1CCC(C)(C)C1.I. The summed E-state index contributed by atoms with van der Waals surface area (Å²) in [5.41, 5.74) is 0.456. The Kier molecular flexibility index (Phi) is 8.08. The lowest BCUT2D eigenvalue weighted by Crippen LogP contribution is -2.41. The molecule has 1 aromatic heterocycles. The standard InChI is InChI=1S/C17H28N4O.HI/c1-17(2)9-13-21(14-17)16(18-3)19-10-5-7-12-20-11-6-4-8-15(20)22;/h4,6,8,11H,5,7,9-10,12-14H2,1-3H3,(H,18,19);1H. The molecule has 0 amide bonds. The van der Waals surface area contributed by atoms with E-state index < -0.39 is 0 Å². The molecule has 2 rings (SSSR count). The predicted molar refractivity (Wildman–Crippen MR) is 107 cm³/mol. The number of unbranched alkanes of at least 4 members (excludes halogenated alkanes) is 1. The van der Waals surface area contributed by atoms with Crippen molar-refractivity contribution in [2.24, 2.45) is 10.4 Å². The number of hydrogen-bond acceptors (Lipinski definition) is 2. The average molecular weight is 432 g/mol. The summed E-state index contributed by atoms with van der Waals surface area (Å²) in [4.78, 5) is 18.3. The molecular weight excluding hydrogens is 403 g/mol. The van der Waals surface area contributed by atoms with Gasteiger partial charge in [0.2, 0.25) is 5.56 Å². The van der Waals surface area contributed by atoms with Gasteiger partial charge in [-0.05, 0) is 30.7 Å². The largest absolute Gasteiger partial charge is 0.356 e. The van der Waals surface area contributed by atoms with E-state index in [0.717, 1.165) is 45.0 Å². The maximum absolute atomic E-state index is 11.6. The molecule has 130 valence electrons. The van der Waals surface area contributed by atoms with Gasteiger partial charge in [-0.2, -0.15) is 0 Å². The molecule has 6 heteroatoms. The van der Waals surface area contributed by atoms with Crippen LogP contribution in [0, 0.1) is 5.41 Å². The zero-order chi connectivity index (χ0) is 16.0. The molecule has 0 aromatic carbocycles. The van der Waals surface area contributed by atoms with Crippen LogP contribution in [-0.4, -0.2) is 42.1 Å². The molecule has 1 fully saturated rings. The number of aryl methyl sites for hydroxylation is 1. The Balaban J connectivity index is 0.00000264. The minimum atomic E-state index is 0. The topological polar surface area (TPSA) is 49.6 Å². The Hall–Kier alpha value is -1.05. The van der Waals surface area contributed by atoms with Crippen molar-refractivity contribution >= 4 is 29.9 Å². The molecule has 2 heterocycles. The number of likely N-dealkylation sites (tertiary alicyclic amines) is 1. The van der Waals surface area contributed by atoms with Crippen molar-refractivity contribution in [3.8, 4) is 0 Å². The first-order valence-corrected chi connectivity index (χ1v) is 8.13. The third-order valence-corrected chi connectivity index (χ3v) is 4.20. The van der Waals surface area contributed by atoms with Gasteiger partial charge in [-0.3, -0.25) is 9.79 Å². The number of halogens is 1. The molecule has 1 aromatic rings. The normalized spacial score (nSPS) is 17.0. The molecule has 1 aliphatic rings. The van der Waals surface area contributed by atoms with E-state index in [1.165, 1.54) is 6.42 Å². The first kappa shape index (κ1) is 20.0. The first-order chi connectivity index (χ1) is 10.5. The molecule has 0 saturated carbocycles. The van der Waals surface area contributed by atoms with Crippen LogP contribution in [0.3, 0.4) is 0 Å². The minimum Gasteiger partial charge on any atom is -0.356 e. The van der Waals surface area contributed by atoms with E-state index in [-0.39, 0.29) is 29.5 Å². The van der Waals surface area contributed by atoms with E-state index in [4.69, 9.17) is 0 Å². The fourth-order valence-electron chi connectivity index (χ4n) is 2.88. The monoisotopic (exact) mass is 432 g/mol. The Labute approximate surface area is 156 Å². The highest BCUT2D eigenvalue weighted by Crippen LogP contribution is 2.28. The molecule has 5 nitrogen and oxygen atoms in total. The van der Waals surface area contributed by atoms with Gasteiger partial charge in [0.1, 0.15) is 0 Å². The van der Waals surface area contributed by atoms with Gasteiger partial charge in [0.15, 0.2) is 5.96 Å². The van der Waals surface area contributed by atoms with Gasteiger partial charge in [0.25, 0.3) is 0 Å². The lowest BCUT2D eigenvalue weighted by Gasteiger charge is -2.23. The lowest BCUT2D eigenvalue weighted by atomic mass is 9.93. The van der Waals surface area contributed by atoms with E-state index in [1.807, 2.05) is 19.3 Å². The second-order valence-corrected chi connectivity index (χ2v) is 6.75. The van der Waals surface area contributed by atoms with Crippen molar-refractivity contribution in [2.75, 3.05) is 26.7 Å². The van der Waals surface area contributed by atoms with Crippen molar-refractivity contribution in [2.45, 2.75) is 39.7 Å². The summed E-state index contributed by atoms with van der Waals surface area (Å²) < 4.78 is 1.76. The maximum Gasteiger partial charge on any atom is 0.250 e. The Morgan fingerprint density at radius 2 is 2.13 bits per heavy atom. The number of rotatable bonds is 5. The van der Waals surface area contributed by atoms with Gasteiger partial charge < -0.3 is 14.8 Å². The molecular formula is C17H29IN4O. The second-order valence-electron chi connectivity index (χ2n) is 6.75. The van der Waals surface area contributed by atoms with Crippen LogP contribution in [-0.2, 0) is 6.54 Å². The van der Waals surface area contributed by atoms with Crippen LogP contribution >= 0.6 is 24.0 Å². The Morgan fingerprint density at radius 1 is 1.35 bits per heavy atom. The molecule has 0 aliphatic carbocycles. The van der Waals surface area contributed by atoms with E-state index in [1.54, 1.807) is 16.7 Å². The van der Waals surface area contributed by atoms with E-state index in [9.17, 15) is 4.79 Å². The van der Waals surface area contributed by atoms with Crippen molar-refractivity contribution in [1.82, 2.24) is 14.8 Å². The van der Waals surface area contributed by atoms with Crippen LogP contribution in [0.1, 0.15) is 33.1 Å². The number of hydrogen-bond donors (Lipinski definition) is 1. The quantitative estimate of drug-likeness (QED) is 0.337. The highest BCUT2D eigenvalue weighted by molar-refractivity contribution is 14.0. The summed E-state index contributed by atoms with van der Waals surface area (Å²) in [5.74, 6) is 1.00. The van der Waals surface area contributed by atoms with Crippen LogP contribution in [0.25, 0.3) is 0 Å².